The molecule has 0 heterocycles. The molecule has 2 aromatic carbocycles. The van der Waals surface area contributed by atoms with E-state index in [-0.39, 0.29) is 5.97 Å². The molecule has 0 aromatic heterocycles. The number of benzene rings is 2. The van der Waals surface area contributed by atoms with E-state index in [0.29, 0.717) is 19.6 Å². The Bertz CT molecular complexity index is 615. The van der Waals surface area contributed by atoms with Gasteiger partial charge in [0, 0.05) is 6.42 Å². The third kappa shape index (κ3) is 6.07. The molecule has 2 aromatic rings. The van der Waals surface area contributed by atoms with Crippen LogP contribution in [0.3, 0.4) is 0 Å². The fourth-order valence-electron chi connectivity index (χ4n) is 2.46. The molecule has 0 fully saturated rings. The molecule has 0 saturated carbocycles. The van der Waals surface area contributed by atoms with Crippen LogP contribution in [0.1, 0.15) is 38.2 Å². The van der Waals surface area contributed by atoms with Gasteiger partial charge in [0.25, 0.3) is 0 Å². The lowest BCUT2D eigenvalue weighted by molar-refractivity contribution is -0.143. The highest BCUT2D eigenvalue weighted by Gasteiger charge is 2.02. The van der Waals surface area contributed by atoms with Crippen molar-refractivity contribution in [3.05, 3.63) is 54.1 Å². The van der Waals surface area contributed by atoms with E-state index < -0.39 is 0 Å². The van der Waals surface area contributed by atoms with Gasteiger partial charge in [0.1, 0.15) is 5.75 Å². The summed E-state index contributed by atoms with van der Waals surface area (Å²) in [4.78, 5) is 11.2. The predicted octanol–water partition coefficient (Wildman–Crippen LogP) is 5.16. The van der Waals surface area contributed by atoms with Gasteiger partial charge in [-0.2, -0.15) is 0 Å². The molecule has 0 N–H and O–H groups in total. The van der Waals surface area contributed by atoms with Gasteiger partial charge in [-0.25, -0.2) is 0 Å². The van der Waals surface area contributed by atoms with Crippen LogP contribution in [0.25, 0.3) is 11.1 Å². The zero-order valence-corrected chi connectivity index (χ0v) is 14.6. The van der Waals surface area contributed by atoms with Crippen LogP contribution in [0.15, 0.2) is 48.5 Å². The number of hydrogen-bond donors (Lipinski definition) is 0. The zero-order valence-electron chi connectivity index (χ0n) is 14.6. The fourth-order valence-corrected chi connectivity index (χ4v) is 2.46. The molecular formula is C21H26O3. The van der Waals surface area contributed by atoms with E-state index in [9.17, 15) is 4.79 Å². The molecule has 0 spiro atoms. The topological polar surface area (TPSA) is 35.5 Å². The van der Waals surface area contributed by atoms with Crippen molar-refractivity contribution >= 4 is 5.97 Å². The van der Waals surface area contributed by atoms with Gasteiger partial charge in [0.2, 0.25) is 0 Å². The summed E-state index contributed by atoms with van der Waals surface area (Å²) in [7, 11) is 0. The van der Waals surface area contributed by atoms with E-state index >= 15 is 0 Å². The Kier molecular flexibility index (Phi) is 7.34. The molecule has 0 bridgehead atoms. The Hall–Kier alpha value is -2.29. The number of aryl methyl sites for hydroxylation is 1. The maximum Gasteiger partial charge on any atom is 0.305 e. The lowest BCUT2D eigenvalue weighted by atomic mass is 10.0. The summed E-state index contributed by atoms with van der Waals surface area (Å²) in [5.41, 5.74) is 3.67. The average Bonchev–Trinajstić information content (AvgIpc) is 2.59. The van der Waals surface area contributed by atoms with E-state index in [4.69, 9.17) is 9.47 Å². The molecular weight excluding hydrogens is 300 g/mol. The van der Waals surface area contributed by atoms with Gasteiger partial charge in [0.05, 0.1) is 13.2 Å². The summed E-state index contributed by atoms with van der Waals surface area (Å²) >= 11 is 0. The molecule has 3 nitrogen and oxygen atoms in total. The largest absolute Gasteiger partial charge is 0.494 e. The van der Waals surface area contributed by atoms with Crippen LogP contribution >= 0.6 is 0 Å². The second-order valence-corrected chi connectivity index (χ2v) is 5.85. The van der Waals surface area contributed by atoms with Gasteiger partial charge in [0.15, 0.2) is 0 Å². The third-order valence-electron chi connectivity index (χ3n) is 3.84. The third-order valence-corrected chi connectivity index (χ3v) is 3.84. The highest BCUT2D eigenvalue weighted by atomic mass is 16.5. The zero-order chi connectivity index (χ0) is 17.2. The van der Waals surface area contributed by atoms with E-state index in [1.807, 2.05) is 19.1 Å². The van der Waals surface area contributed by atoms with E-state index in [1.165, 1.54) is 16.7 Å². The molecule has 0 radical (unpaired) electrons. The van der Waals surface area contributed by atoms with Gasteiger partial charge < -0.3 is 9.47 Å². The number of ether oxygens (including phenoxy) is 2. The number of carbonyl (C=O) groups is 1. The van der Waals surface area contributed by atoms with Gasteiger partial charge in [-0.1, -0.05) is 42.0 Å². The maximum absolute atomic E-state index is 11.2. The molecule has 0 saturated heterocycles. The molecule has 128 valence electrons. The van der Waals surface area contributed by atoms with E-state index in [0.717, 1.165) is 25.0 Å². The number of esters is 1. The van der Waals surface area contributed by atoms with Crippen molar-refractivity contribution in [2.75, 3.05) is 13.2 Å². The van der Waals surface area contributed by atoms with Gasteiger partial charge in [-0.3, -0.25) is 4.79 Å². The normalized spacial score (nSPS) is 10.4. The Balaban J connectivity index is 1.69. The van der Waals surface area contributed by atoms with E-state index in [1.54, 1.807) is 0 Å². The number of carbonyl (C=O) groups excluding carboxylic acids is 1. The maximum atomic E-state index is 11.2. The summed E-state index contributed by atoms with van der Waals surface area (Å²) in [5.74, 6) is 0.779. The number of rotatable bonds is 9. The van der Waals surface area contributed by atoms with Crippen LogP contribution in [-0.4, -0.2) is 19.2 Å². The Morgan fingerprint density at radius 1 is 0.875 bits per heavy atom. The van der Waals surface area contributed by atoms with Crippen molar-refractivity contribution < 1.29 is 14.3 Å². The van der Waals surface area contributed by atoms with Crippen LogP contribution in [-0.2, 0) is 9.53 Å². The Labute approximate surface area is 144 Å². The average molecular weight is 326 g/mol. The van der Waals surface area contributed by atoms with Crippen LogP contribution in [0, 0.1) is 6.92 Å². The quantitative estimate of drug-likeness (QED) is 0.471. The first kappa shape index (κ1) is 18.1. The molecule has 0 atom stereocenters. The van der Waals surface area contributed by atoms with Crippen LogP contribution in [0.4, 0.5) is 0 Å². The minimum Gasteiger partial charge on any atom is -0.494 e. The first-order valence-corrected chi connectivity index (χ1v) is 8.64. The second-order valence-electron chi connectivity index (χ2n) is 5.85. The van der Waals surface area contributed by atoms with Gasteiger partial charge in [-0.05, 0) is 56.4 Å². The summed E-state index contributed by atoms with van der Waals surface area (Å²) in [6.07, 6.45) is 3.27. The van der Waals surface area contributed by atoms with Gasteiger partial charge in [-0.15, -0.1) is 0 Å². The SMILES string of the molecule is CCOC(=O)CCCCCOc1ccc(-c2ccc(C)cc2)cc1. The van der Waals surface area contributed by atoms with Crippen molar-refractivity contribution in [3.63, 3.8) is 0 Å². The lowest BCUT2D eigenvalue weighted by Gasteiger charge is -2.08. The van der Waals surface area contributed by atoms with Crippen molar-refractivity contribution in [1.82, 2.24) is 0 Å². The molecule has 0 unspecified atom stereocenters. The van der Waals surface area contributed by atoms with Crippen molar-refractivity contribution in [3.8, 4) is 16.9 Å². The van der Waals surface area contributed by atoms with Crippen LogP contribution < -0.4 is 4.74 Å². The second kappa shape index (κ2) is 9.76. The smallest absolute Gasteiger partial charge is 0.305 e. The first-order valence-electron chi connectivity index (χ1n) is 8.64. The standard InChI is InChI=1S/C21H26O3/c1-3-23-21(22)7-5-4-6-16-24-20-14-12-19(13-15-20)18-10-8-17(2)9-11-18/h8-15H,3-7,16H2,1-2H3. The summed E-state index contributed by atoms with van der Waals surface area (Å²) in [5, 5.41) is 0. The molecule has 0 amide bonds. The summed E-state index contributed by atoms with van der Waals surface area (Å²) in [6, 6.07) is 16.7. The number of hydrogen-bond acceptors (Lipinski definition) is 3. The van der Waals surface area contributed by atoms with Crippen molar-refractivity contribution in [2.45, 2.75) is 39.5 Å². The molecule has 3 heteroatoms. The first-order chi connectivity index (χ1) is 11.7. The van der Waals surface area contributed by atoms with E-state index in [2.05, 4.69) is 43.3 Å². The summed E-state index contributed by atoms with van der Waals surface area (Å²) < 4.78 is 10.7. The number of unbranched alkanes of at least 4 members (excludes halogenated alkanes) is 2. The minimum atomic E-state index is -0.106. The highest BCUT2D eigenvalue weighted by molar-refractivity contribution is 5.69. The highest BCUT2D eigenvalue weighted by Crippen LogP contribution is 2.22. The molecule has 2 rings (SSSR count). The fraction of sp³-hybridized carbons (Fsp3) is 0.381. The lowest BCUT2D eigenvalue weighted by Crippen LogP contribution is -2.04. The van der Waals surface area contributed by atoms with Crippen LogP contribution in [0.5, 0.6) is 5.75 Å². The van der Waals surface area contributed by atoms with Crippen LogP contribution in [0.2, 0.25) is 0 Å². The predicted molar refractivity (Wildman–Crippen MR) is 97.2 cm³/mol. The monoisotopic (exact) mass is 326 g/mol. The van der Waals surface area contributed by atoms with Gasteiger partial charge >= 0.3 is 5.97 Å². The minimum absolute atomic E-state index is 0.106. The Morgan fingerprint density at radius 3 is 2.12 bits per heavy atom. The molecule has 0 aliphatic rings. The molecule has 24 heavy (non-hydrogen) atoms. The van der Waals surface area contributed by atoms with Crippen molar-refractivity contribution in [1.29, 1.82) is 0 Å². The summed E-state index contributed by atoms with van der Waals surface area (Å²) in [6.45, 7) is 5.05. The molecule has 0 aliphatic carbocycles. The Morgan fingerprint density at radius 2 is 1.50 bits per heavy atom. The van der Waals surface area contributed by atoms with Crippen molar-refractivity contribution in [2.24, 2.45) is 0 Å². The molecule has 0 aliphatic heterocycles.